The zero-order chi connectivity index (χ0) is 14.5. The van der Waals surface area contributed by atoms with Gasteiger partial charge in [-0.25, -0.2) is 0 Å². The van der Waals surface area contributed by atoms with Crippen molar-refractivity contribution in [2.45, 2.75) is 18.9 Å². The predicted octanol–water partition coefficient (Wildman–Crippen LogP) is 2.20. The van der Waals surface area contributed by atoms with Gasteiger partial charge in [-0.15, -0.1) is 0 Å². The number of nitrogens with two attached hydrogens (primary N) is 1. The Morgan fingerprint density at radius 3 is 2.05 bits per heavy atom. The third-order valence-electron chi connectivity index (χ3n) is 3.55. The van der Waals surface area contributed by atoms with Crippen molar-refractivity contribution < 1.29 is 4.79 Å². The fourth-order valence-corrected chi connectivity index (χ4v) is 2.48. The third-order valence-corrected chi connectivity index (χ3v) is 3.55. The van der Waals surface area contributed by atoms with Crippen molar-refractivity contribution in [3.05, 3.63) is 71.3 Å². The Morgan fingerprint density at radius 1 is 1.00 bits per heavy atom. The van der Waals surface area contributed by atoms with Crippen LogP contribution >= 0.6 is 0 Å². The van der Waals surface area contributed by atoms with E-state index < -0.39 is 6.04 Å². The molecule has 0 saturated heterocycles. The van der Waals surface area contributed by atoms with Crippen LogP contribution in [0.2, 0.25) is 0 Å². The summed E-state index contributed by atoms with van der Waals surface area (Å²) < 4.78 is 0. The average Bonchev–Trinajstić information content (AvgIpc) is 2.46. The predicted molar refractivity (Wildman–Crippen MR) is 81.5 cm³/mol. The normalized spacial score (nSPS) is 13.7. The number of hydrogen-bond donors (Lipinski definition) is 2. The minimum absolute atomic E-state index is 0.0840. The molecule has 1 amide bonds. The topological polar surface area (TPSA) is 55.1 Å². The van der Waals surface area contributed by atoms with Gasteiger partial charge in [0.2, 0.25) is 5.91 Å². The molecule has 0 spiro atoms. The largest absolute Gasteiger partial charge is 0.368 e. The van der Waals surface area contributed by atoms with Crippen molar-refractivity contribution in [1.29, 1.82) is 0 Å². The van der Waals surface area contributed by atoms with Crippen LogP contribution in [0.15, 0.2) is 54.6 Å². The van der Waals surface area contributed by atoms with Crippen LogP contribution in [0, 0.1) is 6.92 Å². The Morgan fingerprint density at radius 2 is 1.55 bits per heavy atom. The number of rotatable bonds is 5. The number of amides is 1. The second kappa shape index (κ2) is 6.35. The zero-order valence-corrected chi connectivity index (χ0v) is 11.8. The Labute approximate surface area is 119 Å². The molecule has 2 atom stereocenters. The second-order valence-corrected chi connectivity index (χ2v) is 4.97. The zero-order valence-electron chi connectivity index (χ0n) is 11.8. The number of carbonyl (C=O) groups excluding carboxylic acids is 1. The summed E-state index contributed by atoms with van der Waals surface area (Å²) in [4.78, 5) is 11.7. The lowest BCUT2D eigenvalue weighted by Crippen LogP contribution is -2.44. The monoisotopic (exact) mass is 268 g/mol. The summed E-state index contributed by atoms with van der Waals surface area (Å²) in [5.74, 6) is -0.429. The molecule has 0 aliphatic heterocycles. The van der Waals surface area contributed by atoms with Crippen LogP contribution in [0.25, 0.3) is 0 Å². The summed E-state index contributed by atoms with van der Waals surface area (Å²) >= 11 is 0. The van der Waals surface area contributed by atoms with E-state index in [2.05, 4.69) is 29.6 Å². The van der Waals surface area contributed by atoms with E-state index in [4.69, 9.17) is 5.73 Å². The molecule has 0 bridgehead atoms. The lowest BCUT2D eigenvalue weighted by Gasteiger charge is -2.25. The van der Waals surface area contributed by atoms with E-state index in [1.165, 1.54) is 5.56 Å². The number of aryl methyl sites for hydroxylation is 1. The van der Waals surface area contributed by atoms with Gasteiger partial charge >= 0.3 is 0 Å². The molecule has 3 nitrogen and oxygen atoms in total. The van der Waals surface area contributed by atoms with E-state index in [9.17, 15) is 4.79 Å². The van der Waals surface area contributed by atoms with E-state index in [-0.39, 0.29) is 11.8 Å². The van der Waals surface area contributed by atoms with Crippen LogP contribution in [0.3, 0.4) is 0 Å². The highest BCUT2D eigenvalue weighted by Crippen LogP contribution is 2.28. The Hall–Kier alpha value is -2.13. The first-order valence-electron chi connectivity index (χ1n) is 6.71. The molecule has 20 heavy (non-hydrogen) atoms. The highest BCUT2D eigenvalue weighted by atomic mass is 16.1. The molecular formula is C17H20N2O. The van der Waals surface area contributed by atoms with Gasteiger partial charge in [-0.2, -0.15) is 0 Å². The van der Waals surface area contributed by atoms with Crippen LogP contribution < -0.4 is 11.1 Å². The van der Waals surface area contributed by atoms with E-state index in [1.54, 1.807) is 7.05 Å². The number of carbonyl (C=O) groups is 1. The molecule has 0 heterocycles. The molecular weight excluding hydrogens is 248 g/mol. The van der Waals surface area contributed by atoms with Crippen LogP contribution in [-0.4, -0.2) is 19.0 Å². The van der Waals surface area contributed by atoms with Crippen molar-refractivity contribution in [2.75, 3.05) is 7.05 Å². The molecule has 1 unspecified atom stereocenters. The van der Waals surface area contributed by atoms with Crippen LogP contribution in [0.5, 0.6) is 0 Å². The summed E-state index contributed by atoms with van der Waals surface area (Å²) in [6.45, 7) is 2.05. The lowest BCUT2D eigenvalue weighted by molar-refractivity contribution is -0.120. The quantitative estimate of drug-likeness (QED) is 0.873. The van der Waals surface area contributed by atoms with Crippen LogP contribution in [-0.2, 0) is 4.79 Å². The maximum Gasteiger partial charge on any atom is 0.235 e. The fraction of sp³-hybridized carbons (Fsp3) is 0.235. The molecule has 3 heteroatoms. The van der Waals surface area contributed by atoms with Crippen molar-refractivity contribution in [3.63, 3.8) is 0 Å². The minimum Gasteiger partial charge on any atom is -0.368 e. The maximum atomic E-state index is 11.7. The SMILES string of the molecule is CN[C@H](C(N)=O)C(c1ccccc1)c1ccc(C)cc1. The van der Waals surface area contributed by atoms with E-state index in [0.29, 0.717) is 0 Å². The summed E-state index contributed by atoms with van der Waals surface area (Å²) in [6.07, 6.45) is 0. The molecule has 0 aromatic heterocycles. The van der Waals surface area contributed by atoms with E-state index in [0.717, 1.165) is 11.1 Å². The fourth-order valence-electron chi connectivity index (χ4n) is 2.48. The van der Waals surface area contributed by atoms with Gasteiger partial charge in [0, 0.05) is 5.92 Å². The average molecular weight is 268 g/mol. The maximum absolute atomic E-state index is 11.7. The van der Waals surface area contributed by atoms with E-state index >= 15 is 0 Å². The number of benzene rings is 2. The molecule has 3 N–H and O–H groups in total. The number of primary amides is 1. The standard InChI is InChI=1S/C17H20N2O/c1-12-8-10-14(11-9-12)15(16(19-2)17(18)20)13-6-4-3-5-7-13/h3-11,15-16,19H,1-2H3,(H2,18,20)/t15?,16-/m0/s1. The van der Waals surface area contributed by atoms with Crippen molar-refractivity contribution in [2.24, 2.45) is 5.73 Å². The van der Waals surface area contributed by atoms with Crippen LogP contribution in [0.4, 0.5) is 0 Å². The number of nitrogens with one attached hydrogen (secondary N) is 1. The van der Waals surface area contributed by atoms with Crippen molar-refractivity contribution in [3.8, 4) is 0 Å². The van der Waals surface area contributed by atoms with Crippen molar-refractivity contribution >= 4 is 5.91 Å². The van der Waals surface area contributed by atoms with Gasteiger partial charge in [0.05, 0.1) is 6.04 Å². The molecule has 0 fully saturated rings. The summed E-state index contributed by atoms with van der Waals surface area (Å²) in [5, 5.41) is 3.04. The first-order chi connectivity index (χ1) is 9.63. The van der Waals surface area contributed by atoms with Gasteiger partial charge in [-0.1, -0.05) is 60.2 Å². The molecule has 2 aromatic rings. The van der Waals surface area contributed by atoms with Gasteiger partial charge < -0.3 is 11.1 Å². The summed E-state index contributed by atoms with van der Waals surface area (Å²) in [6, 6.07) is 17.8. The molecule has 104 valence electrons. The Balaban J connectivity index is 2.49. The highest BCUT2D eigenvalue weighted by molar-refractivity contribution is 5.82. The number of hydrogen-bond acceptors (Lipinski definition) is 2. The Bertz CT molecular complexity index is 563. The van der Waals surface area contributed by atoms with Crippen LogP contribution in [0.1, 0.15) is 22.6 Å². The van der Waals surface area contributed by atoms with Gasteiger partial charge in [-0.05, 0) is 25.1 Å². The first-order valence-corrected chi connectivity index (χ1v) is 6.71. The molecule has 0 saturated carbocycles. The summed E-state index contributed by atoms with van der Waals surface area (Å²) in [5.41, 5.74) is 8.91. The van der Waals surface area contributed by atoms with Gasteiger partial charge in [0.15, 0.2) is 0 Å². The van der Waals surface area contributed by atoms with E-state index in [1.807, 2.05) is 37.3 Å². The molecule has 2 rings (SSSR count). The Kier molecular flexibility index (Phi) is 4.53. The second-order valence-electron chi connectivity index (χ2n) is 4.97. The third kappa shape index (κ3) is 3.06. The summed E-state index contributed by atoms with van der Waals surface area (Å²) in [7, 11) is 1.76. The minimum atomic E-state index is -0.430. The van der Waals surface area contributed by atoms with Gasteiger partial charge in [0.25, 0.3) is 0 Å². The van der Waals surface area contributed by atoms with Gasteiger partial charge in [-0.3, -0.25) is 4.79 Å². The highest BCUT2D eigenvalue weighted by Gasteiger charge is 2.27. The smallest absolute Gasteiger partial charge is 0.235 e. The molecule has 0 aliphatic carbocycles. The molecule has 0 radical (unpaired) electrons. The van der Waals surface area contributed by atoms with Gasteiger partial charge in [0.1, 0.15) is 0 Å². The first kappa shape index (κ1) is 14.3. The number of likely N-dealkylation sites (N-methyl/N-ethyl adjacent to an activating group) is 1. The van der Waals surface area contributed by atoms with Crippen molar-refractivity contribution in [1.82, 2.24) is 5.32 Å². The molecule has 2 aromatic carbocycles. The lowest BCUT2D eigenvalue weighted by atomic mass is 9.84. The molecule has 0 aliphatic rings.